The first-order valence-corrected chi connectivity index (χ1v) is 8.15. The zero-order valence-electron chi connectivity index (χ0n) is 13.9. The summed E-state index contributed by atoms with van der Waals surface area (Å²) < 4.78 is 44.3. The van der Waals surface area contributed by atoms with Crippen LogP contribution in [0.4, 0.5) is 19.1 Å². The summed E-state index contributed by atoms with van der Waals surface area (Å²) in [5.41, 5.74) is -0.539. The molecule has 0 spiro atoms. The maximum Gasteiger partial charge on any atom is 0.433 e. The molecule has 0 unspecified atom stereocenters. The van der Waals surface area contributed by atoms with E-state index in [9.17, 15) is 28.5 Å². The highest BCUT2D eigenvalue weighted by Crippen LogP contribution is 2.34. The molecule has 1 aliphatic rings. The molecule has 5 atom stereocenters. The second-order valence-corrected chi connectivity index (χ2v) is 6.10. The van der Waals surface area contributed by atoms with Gasteiger partial charge in [-0.05, 0) is 11.6 Å². The van der Waals surface area contributed by atoms with Crippen molar-refractivity contribution in [1.82, 2.24) is 9.97 Å². The van der Waals surface area contributed by atoms with Crippen molar-refractivity contribution in [3.8, 4) is 0 Å². The first-order valence-electron chi connectivity index (χ1n) is 8.15. The van der Waals surface area contributed by atoms with Gasteiger partial charge in [0.15, 0.2) is 0 Å². The molecule has 10 heteroatoms. The zero-order valence-corrected chi connectivity index (χ0v) is 13.9. The number of aliphatic hydroxyl groups excluding tert-OH is 3. The average molecular weight is 385 g/mol. The van der Waals surface area contributed by atoms with E-state index in [-0.39, 0.29) is 5.95 Å². The molecule has 1 aromatic carbocycles. The van der Waals surface area contributed by atoms with E-state index in [0.717, 1.165) is 12.3 Å². The highest BCUT2D eigenvalue weighted by atomic mass is 19.4. The summed E-state index contributed by atoms with van der Waals surface area (Å²) in [6.45, 7) is -0.533. The Morgan fingerprint density at radius 3 is 2.41 bits per heavy atom. The van der Waals surface area contributed by atoms with E-state index in [1.165, 1.54) is 0 Å². The van der Waals surface area contributed by atoms with Gasteiger partial charge in [-0.15, -0.1) is 0 Å². The van der Waals surface area contributed by atoms with Crippen LogP contribution in [-0.2, 0) is 10.9 Å². The van der Waals surface area contributed by atoms with E-state index < -0.39 is 48.9 Å². The van der Waals surface area contributed by atoms with Crippen molar-refractivity contribution in [2.45, 2.75) is 36.6 Å². The fourth-order valence-corrected chi connectivity index (χ4v) is 2.94. The zero-order chi connectivity index (χ0) is 19.6. The van der Waals surface area contributed by atoms with Crippen LogP contribution in [0, 0.1) is 0 Å². The van der Waals surface area contributed by atoms with Crippen LogP contribution in [0.2, 0.25) is 0 Å². The molecule has 7 nitrogen and oxygen atoms in total. The first kappa shape index (κ1) is 19.5. The molecule has 1 aromatic heterocycles. The second-order valence-electron chi connectivity index (χ2n) is 6.10. The molecule has 27 heavy (non-hydrogen) atoms. The van der Waals surface area contributed by atoms with E-state index in [1.807, 2.05) is 0 Å². The Morgan fingerprint density at radius 2 is 1.78 bits per heavy atom. The van der Waals surface area contributed by atoms with Gasteiger partial charge in [0.2, 0.25) is 5.95 Å². The summed E-state index contributed by atoms with van der Waals surface area (Å²) in [4.78, 5) is 7.17. The predicted octanol–water partition coefficient (Wildman–Crippen LogP) is 1.13. The monoisotopic (exact) mass is 385 g/mol. The number of benzene rings is 1. The molecule has 0 aliphatic carbocycles. The normalized spacial score (nSPS) is 28.7. The minimum absolute atomic E-state index is 0.368. The number of nitrogens with zero attached hydrogens (tertiary/aromatic N) is 2. The predicted molar refractivity (Wildman–Crippen MR) is 87.6 cm³/mol. The molecule has 3 rings (SSSR count). The molecule has 0 amide bonds. The number of nitrogens with one attached hydrogen (secondary N) is 1. The number of anilines is 1. The van der Waals surface area contributed by atoms with Crippen LogP contribution >= 0.6 is 0 Å². The van der Waals surface area contributed by atoms with E-state index in [4.69, 9.17) is 4.74 Å². The van der Waals surface area contributed by atoms with E-state index in [0.29, 0.717) is 5.56 Å². The second kappa shape index (κ2) is 7.77. The van der Waals surface area contributed by atoms with Gasteiger partial charge in [0, 0.05) is 6.20 Å². The number of aliphatic hydroxyl groups is 3. The molecular weight excluding hydrogens is 367 g/mol. The van der Waals surface area contributed by atoms with E-state index in [1.54, 1.807) is 30.3 Å². The van der Waals surface area contributed by atoms with Crippen LogP contribution in [0.25, 0.3) is 0 Å². The molecule has 1 aliphatic heterocycles. The smallest absolute Gasteiger partial charge is 0.394 e. The maximum absolute atomic E-state index is 12.9. The van der Waals surface area contributed by atoms with Gasteiger partial charge < -0.3 is 25.4 Å². The molecule has 1 fully saturated rings. The number of rotatable bonds is 4. The minimum Gasteiger partial charge on any atom is -0.394 e. The fraction of sp³-hybridized carbons (Fsp3) is 0.412. The van der Waals surface area contributed by atoms with Crippen LogP contribution < -0.4 is 5.32 Å². The number of alkyl halides is 3. The number of aromatic nitrogens is 2. The van der Waals surface area contributed by atoms with Gasteiger partial charge >= 0.3 is 6.18 Å². The summed E-state index contributed by atoms with van der Waals surface area (Å²) in [6, 6.07) is 8.29. The van der Waals surface area contributed by atoms with Crippen LogP contribution in [0.1, 0.15) is 17.4 Å². The third kappa shape index (κ3) is 4.19. The maximum atomic E-state index is 12.9. The lowest BCUT2D eigenvalue weighted by Gasteiger charge is -2.43. The van der Waals surface area contributed by atoms with E-state index >= 15 is 0 Å². The Hall–Kier alpha value is -2.27. The number of ether oxygens (including phenoxy) is 1. The highest BCUT2D eigenvalue weighted by Gasteiger charge is 2.45. The molecule has 146 valence electrons. The number of hydrogen-bond acceptors (Lipinski definition) is 7. The summed E-state index contributed by atoms with van der Waals surface area (Å²) >= 11 is 0. The van der Waals surface area contributed by atoms with Crippen LogP contribution in [0.3, 0.4) is 0 Å². The van der Waals surface area contributed by atoms with Crippen LogP contribution in [0.5, 0.6) is 0 Å². The lowest BCUT2D eigenvalue weighted by molar-refractivity contribution is -0.187. The molecule has 1 saturated heterocycles. The molecule has 0 saturated carbocycles. The Kier molecular flexibility index (Phi) is 5.61. The van der Waals surface area contributed by atoms with Crippen molar-refractivity contribution < 1.29 is 33.2 Å². The Morgan fingerprint density at radius 1 is 1.07 bits per heavy atom. The van der Waals surface area contributed by atoms with Gasteiger partial charge in [-0.25, -0.2) is 9.97 Å². The number of halogens is 3. The van der Waals surface area contributed by atoms with Crippen molar-refractivity contribution in [1.29, 1.82) is 0 Å². The van der Waals surface area contributed by atoms with Gasteiger partial charge in [-0.2, -0.15) is 13.2 Å². The average Bonchev–Trinajstić information content (AvgIpc) is 2.66. The molecular formula is C17H18F3N3O4. The summed E-state index contributed by atoms with van der Waals surface area (Å²) in [6.07, 6.45) is -8.51. The highest BCUT2D eigenvalue weighted by molar-refractivity contribution is 5.32. The fourth-order valence-electron chi connectivity index (χ4n) is 2.94. The summed E-state index contributed by atoms with van der Waals surface area (Å²) in [5, 5.41) is 32.6. The topological polar surface area (TPSA) is 108 Å². The van der Waals surface area contributed by atoms with Crippen molar-refractivity contribution in [2.24, 2.45) is 0 Å². The quantitative estimate of drug-likeness (QED) is 0.625. The molecule has 0 bridgehead atoms. The molecule has 2 heterocycles. The van der Waals surface area contributed by atoms with Gasteiger partial charge in [-0.1, -0.05) is 30.3 Å². The minimum atomic E-state index is -4.65. The Labute approximate surface area is 152 Å². The summed E-state index contributed by atoms with van der Waals surface area (Å²) in [7, 11) is 0. The van der Waals surface area contributed by atoms with Gasteiger partial charge in [0.25, 0.3) is 0 Å². The largest absolute Gasteiger partial charge is 0.433 e. The van der Waals surface area contributed by atoms with Gasteiger partial charge in [-0.3, -0.25) is 0 Å². The van der Waals surface area contributed by atoms with E-state index in [2.05, 4.69) is 15.3 Å². The third-order valence-electron chi connectivity index (χ3n) is 4.30. The third-order valence-corrected chi connectivity index (χ3v) is 4.30. The van der Waals surface area contributed by atoms with Gasteiger partial charge in [0.05, 0.1) is 12.6 Å². The molecule has 4 N–H and O–H groups in total. The van der Waals surface area contributed by atoms with Crippen molar-refractivity contribution in [3.05, 3.63) is 53.9 Å². The lowest BCUT2D eigenvalue weighted by Crippen LogP contribution is -2.58. The van der Waals surface area contributed by atoms with Crippen molar-refractivity contribution in [2.75, 3.05) is 11.9 Å². The Balaban J connectivity index is 1.92. The lowest BCUT2D eigenvalue weighted by atomic mass is 9.89. The van der Waals surface area contributed by atoms with Crippen molar-refractivity contribution >= 4 is 5.95 Å². The number of hydrogen-bond donors (Lipinski definition) is 4. The van der Waals surface area contributed by atoms with Gasteiger partial charge in [0.1, 0.15) is 30.1 Å². The molecule has 2 aromatic rings. The van der Waals surface area contributed by atoms with Crippen LogP contribution in [-0.4, -0.2) is 56.2 Å². The summed E-state index contributed by atoms with van der Waals surface area (Å²) in [5.74, 6) is -0.368. The SMILES string of the molecule is OC[C@H]1O[C@H](c2ccccc2)[C@H](Nc2nccc(C(F)(F)F)n2)[C@@H](O)[C@H]1O. The van der Waals surface area contributed by atoms with Crippen molar-refractivity contribution in [3.63, 3.8) is 0 Å². The molecule has 0 radical (unpaired) electrons. The Bertz CT molecular complexity index is 763. The first-order chi connectivity index (χ1) is 12.8. The van der Waals surface area contributed by atoms with Crippen LogP contribution in [0.15, 0.2) is 42.6 Å². The standard InChI is InChI=1S/C17H18F3N3O4/c18-17(19,20)11-6-7-21-16(22-11)23-12-14(26)13(25)10(8-24)27-15(12)9-4-2-1-3-5-9/h1-7,10,12-15,24-26H,8H2,(H,21,22,23)/t10-,12-,13+,14-,15-/m1/s1.